The topological polar surface area (TPSA) is 92.4 Å². The smallest absolute Gasteiger partial charge is 0.303 e. The summed E-state index contributed by atoms with van der Waals surface area (Å²) in [5.74, 6) is -0.979. The van der Waals surface area contributed by atoms with Crippen LogP contribution < -0.4 is 11.1 Å². The molecule has 1 aliphatic carbocycles. The highest BCUT2D eigenvalue weighted by atomic mass is 16.4. The minimum Gasteiger partial charge on any atom is -0.481 e. The first-order chi connectivity index (χ1) is 8.81. The SMILES string of the molecule is CCC(C)(N)C(=O)NCC1(CC(=O)O)CCCCC1. The van der Waals surface area contributed by atoms with Gasteiger partial charge in [0.05, 0.1) is 12.0 Å². The van der Waals surface area contributed by atoms with E-state index in [0.29, 0.717) is 13.0 Å². The van der Waals surface area contributed by atoms with Gasteiger partial charge in [0.25, 0.3) is 0 Å². The number of carbonyl (C=O) groups is 2. The molecule has 1 saturated carbocycles. The van der Waals surface area contributed by atoms with Crippen LogP contribution in [0.25, 0.3) is 0 Å². The summed E-state index contributed by atoms with van der Waals surface area (Å²) in [6.07, 6.45) is 5.65. The van der Waals surface area contributed by atoms with Gasteiger partial charge in [-0.25, -0.2) is 0 Å². The standard InChI is InChI=1S/C14H26N2O3/c1-3-13(2,15)12(19)16-10-14(9-11(17)18)7-5-4-6-8-14/h3-10,15H2,1-2H3,(H,16,19)(H,17,18). The summed E-state index contributed by atoms with van der Waals surface area (Å²) in [4.78, 5) is 23.0. The van der Waals surface area contributed by atoms with Crippen LogP contribution in [0.4, 0.5) is 0 Å². The molecule has 1 unspecified atom stereocenters. The third-order valence-corrected chi connectivity index (χ3v) is 4.32. The Bertz CT molecular complexity index is 334. The van der Waals surface area contributed by atoms with Gasteiger partial charge < -0.3 is 16.2 Å². The van der Waals surface area contributed by atoms with Crippen LogP contribution in [0.15, 0.2) is 0 Å². The highest BCUT2D eigenvalue weighted by molar-refractivity contribution is 5.85. The Labute approximate surface area is 114 Å². The molecule has 19 heavy (non-hydrogen) atoms. The summed E-state index contributed by atoms with van der Waals surface area (Å²) in [6, 6.07) is 0. The van der Waals surface area contributed by atoms with E-state index >= 15 is 0 Å². The Hall–Kier alpha value is -1.10. The predicted octanol–water partition coefficient (Wildman–Crippen LogP) is 1.66. The van der Waals surface area contributed by atoms with E-state index in [-0.39, 0.29) is 17.7 Å². The molecular weight excluding hydrogens is 244 g/mol. The Morgan fingerprint density at radius 3 is 2.37 bits per heavy atom. The molecule has 1 atom stereocenters. The maximum absolute atomic E-state index is 12.0. The molecule has 0 aromatic rings. The normalized spacial score (nSPS) is 21.4. The van der Waals surface area contributed by atoms with Gasteiger partial charge in [0.1, 0.15) is 0 Å². The lowest BCUT2D eigenvalue weighted by Crippen LogP contribution is -2.53. The molecule has 110 valence electrons. The van der Waals surface area contributed by atoms with Gasteiger partial charge in [0.15, 0.2) is 0 Å². The molecule has 5 heteroatoms. The minimum absolute atomic E-state index is 0.126. The number of carboxylic acid groups (broad SMARTS) is 1. The average Bonchev–Trinajstić information content (AvgIpc) is 2.36. The zero-order valence-electron chi connectivity index (χ0n) is 12.0. The molecule has 1 aliphatic rings. The van der Waals surface area contributed by atoms with Crippen molar-refractivity contribution in [2.45, 2.75) is 64.3 Å². The number of aliphatic carboxylic acids is 1. The van der Waals surface area contributed by atoms with Crippen LogP contribution in [0, 0.1) is 5.41 Å². The van der Waals surface area contributed by atoms with Gasteiger partial charge in [0, 0.05) is 6.54 Å². The summed E-state index contributed by atoms with van der Waals surface area (Å²) >= 11 is 0. The quantitative estimate of drug-likeness (QED) is 0.684. The summed E-state index contributed by atoms with van der Waals surface area (Å²) in [5.41, 5.74) is 4.73. The first-order valence-electron chi connectivity index (χ1n) is 7.10. The lowest BCUT2D eigenvalue weighted by atomic mass is 9.71. The molecule has 0 saturated heterocycles. The highest BCUT2D eigenvalue weighted by Crippen LogP contribution is 2.38. The van der Waals surface area contributed by atoms with E-state index in [1.54, 1.807) is 6.92 Å². The fraction of sp³-hybridized carbons (Fsp3) is 0.857. The molecule has 4 N–H and O–H groups in total. The van der Waals surface area contributed by atoms with Crippen LogP contribution in [0.3, 0.4) is 0 Å². The van der Waals surface area contributed by atoms with Crippen molar-refractivity contribution >= 4 is 11.9 Å². The second-order valence-corrected chi connectivity index (χ2v) is 6.08. The van der Waals surface area contributed by atoms with Crippen LogP contribution in [-0.4, -0.2) is 29.1 Å². The highest BCUT2D eigenvalue weighted by Gasteiger charge is 2.36. The summed E-state index contributed by atoms with van der Waals surface area (Å²) in [5, 5.41) is 11.9. The molecular formula is C14H26N2O3. The largest absolute Gasteiger partial charge is 0.481 e. The molecule has 1 amide bonds. The zero-order valence-corrected chi connectivity index (χ0v) is 12.0. The van der Waals surface area contributed by atoms with Crippen LogP contribution in [0.2, 0.25) is 0 Å². The number of carbonyl (C=O) groups excluding carboxylic acids is 1. The lowest BCUT2D eigenvalue weighted by molar-refractivity contribution is -0.141. The van der Waals surface area contributed by atoms with Crippen LogP contribution in [0.1, 0.15) is 58.8 Å². The van der Waals surface area contributed by atoms with Crippen molar-refractivity contribution in [1.82, 2.24) is 5.32 Å². The maximum atomic E-state index is 12.0. The third kappa shape index (κ3) is 4.49. The average molecular weight is 270 g/mol. The Morgan fingerprint density at radius 2 is 1.89 bits per heavy atom. The fourth-order valence-electron chi connectivity index (χ4n) is 2.67. The first-order valence-corrected chi connectivity index (χ1v) is 7.10. The van der Waals surface area contributed by atoms with Gasteiger partial charge in [-0.05, 0) is 31.6 Å². The van der Waals surface area contributed by atoms with E-state index in [1.807, 2.05) is 6.92 Å². The van der Waals surface area contributed by atoms with Crippen LogP contribution in [0.5, 0.6) is 0 Å². The van der Waals surface area contributed by atoms with Crippen molar-refractivity contribution in [3.63, 3.8) is 0 Å². The fourth-order valence-corrected chi connectivity index (χ4v) is 2.67. The monoisotopic (exact) mass is 270 g/mol. The van der Waals surface area contributed by atoms with E-state index in [2.05, 4.69) is 5.32 Å². The number of hydrogen-bond acceptors (Lipinski definition) is 3. The minimum atomic E-state index is -0.876. The number of carboxylic acids is 1. The van der Waals surface area contributed by atoms with Gasteiger partial charge in [-0.2, -0.15) is 0 Å². The molecule has 0 aromatic carbocycles. The molecule has 0 aliphatic heterocycles. The molecule has 0 heterocycles. The van der Waals surface area contributed by atoms with E-state index in [9.17, 15) is 9.59 Å². The van der Waals surface area contributed by atoms with Crippen molar-refractivity contribution in [2.24, 2.45) is 11.1 Å². The summed E-state index contributed by atoms with van der Waals surface area (Å²) in [7, 11) is 0. The Morgan fingerprint density at radius 1 is 1.32 bits per heavy atom. The number of nitrogens with one attached hydrogen (secondary N) is 1. The Kier molecular flexibility index (Phi) is 5.35. The van der Waals surface area contributed by atoms with Crippen LogP contribution >= 0.6 is 0 Å². The molecule has 1 rings (SSSR count). The number of hydrogen-bond donors (Lipinski definition) is 3. The molecule has 0 aromatic heterocycles. The summed E-state index contributed by atoms with van der Waals surface area (Å²) < 4.78 is 0. The molecule has 0 bridgehead atoms. The molecule has 5 nitrogen and oxygen atoms in total. The van der Waals surface area contributed by atoms with Gasteiger partial charge >= 0.3 is 5.97 Å². The van der Waals surface area contributed by atoms with Crippen molar-refractivity contribution in [3.05, 3.63) is 0 Å². The lowest BCUT2D eigenvalue weighted by Gasteiger charge is -2.37. The summed E-state index contributed by atoms with van der Waals surface area (Å²) in [6.45, 7) is 3.99. The van der Waals surface area contributed by atoms with E-state index in [0.717, 1.165) is 32.1 Å². The van der Waals surface area contributed by atoms with Gasteiger partial charge in [-0.15, -0.1) is 0 Å². The van der Waals surface area contributed by atoms with E-state index < -0.39 is 11.5 Å². The maximum Gasteiger partial charge on any atom is 0.303 e. The van der Waals surface area contributed by atoms with Crippen molar-refractivity contribution in [1.29, 1.82) is 0 Å². The van der Waals surface area contributed by atoms with Gasteiger partial charge in [-0.1, -0.05) is 26.2 Å². The third-order valence-electron chi connectivity index (χ3n) is 4.32. The number of rotatable bonds is 6. The van der Waals surface area contributed by atoms with Gasteiger partial charge in [-0.3, -0.25) is 9.59 Å². The molecule has 1 fully saturated rings. The van der Waals surface area contributed by atoms with Gasteiger partial charge in [0.2, 0.25) is 5.91 Å². The van der Waals surface area contributed by atoms with E-state index in [1.165, 1.54) is 0 Å². The zero-order chi connectivity index (χ0) is 14.5. The Balaban J connectivity index is 2.63. The second kappa shape index (κ2) is 6.37. The number of amides is 1. The first kappa shape index (κ1) is 16.0. The van der Waals surface area contributed by atoms with Crippen molar-refractivity contribution in [2.75, 3.05) is 6.54 Å². The van der Waals surface area contributed by atoms with Crippen molar-refractivity contribution < 1.29 is 14.7 Å². The van der Waals surface area contributed by atoms with Crippen LogP contribution in [-0.2, 0) is 9.59 Å². The van der Waals surface area contributed by atoms with Crippen molar-refractivity contribution in [3.8, 4) is 0 Å². The van der Waals surface area contributed by atoms with E-state index in [4.69, 9.17) is 10.8 Å². The second-order valence-electron chi connectivity index (χ2n) is 6.08. The molecule has 0 spiro atoms. The molecule has 0 radical (unpaired) electrons. The number of nitrogens with two attached hydrogens (primary N) is 1. The predicted molar refractivity (Wildman–Crippen MR) is 73.7 cm³/mol.